The lowest BCUT2D eigenvalue weighted by Crippen LogP contribution is -1.99. The average molecular weight is 459 g/mol. The van der Waals surface area contributed by atoms with Crippen molar-refractivity contribution in [1.82, 2.24) is 4.90 Å². The molecule has 0 bridgehead atoms. The topological polar surface area (TPSA) is 40.5 Å². The third-order valence-corrected chi connectivity index (χ3v) is 3.99. The second-order valence-electron chi connectivity index (χ2n) is 7.44. The van der Waals surface area contributed by atoms with Crippen LogP contribution in [-0.4, -0.2) is 37.1 Å². The number of rotatable bonds is 16. The number of unbranched alkanes of at least 4 members (excludes halogenated alkanes) is 14. The minimum Gasteiger partial charge on any atom is -0.481 e. The highest BCUT2D eigenvalue weighted by molar-refractivity contribution is 9.22. The van der Waals surface area contributed by atoms with E-state index in [4.69, 9.17) is 5.11 Å². The lowest BCUT2D eigenvalue weighted by Gasteiger charge is -2.03. The van der Waals surface area contributed by atoms with Gasteiger partial charge in [0, 0.05) is 21.4 Å². The molecule has 0 fully saturated rings. The number of aliphatic carboxylic acids is 1. The molecule has 0 aliphatic rings. The van der Waals surface area contributed by atoms with Crippen molar-refractivity contribution in [2.24, 2.45) is 0 Å². The summed E-state index contributed by atoms with van der Waals surface area (Å²) in [6, 6.07) is 0. The first-order valence-electron chi connectivity index (χ1n) is 10.5. The summed E-state index contributed by atoms with van der Waals surface area (Å²) in [7, 11) is 10.5. The SMILES string of the molecule is CCCCCCCCCCCCCCCCCC(=O)O.CN(C)C.ClBr. The van der Waals surface area contributed by atoms with Gasteiger partial charge in [0.2, 0.25) is 0 Å². The van der Waals surface area contributed by atoms with Crippen molar-refractivity contribution in [1.29, 1.82) is 0 Å². The maximum absolute atomic E-state index is 10.3. The average Bonchev–Trinajstić information content (AvgIpc) is 2.59. The smallest absolute Gasteiger partial charge is 0.303 e. The van der Waals surface area contributed by atoms with Crippen molar-refractivity contribution >= 4 is 31.1 Å². The van der Waals surface area contributed by atoms with Crippen LogP contribution in [0.3, 0.4) is 0 Å². The minimum atomic E-state index is -0.653. The van der Waals surface area contributed by atoms with Crippen LogP contribution in [0.15, 0.2) is 0 Å². The standard InChI is InChI=1S/C18H36O2.C3H9N.BrCl/c1-2-3-4-5-6-7-8-9-10-11-12-13-14-15-16-17-18(19)20;1-4(2)3;1-2/h2-17H2,1H3,(H,19,20);1-3H3;. The Labute approximate surface area is 176 Å². The van der Waals surface area contributed by atoms with E-state index >= 15 is 0 Å². The summed E-state index contributed by atoms with van der Waals surface area (Å²) in [4.78, 5) is 12.3. The van der Waals surface area contributed by atoms with Crippen molar-refractivity contribution < 1.29 is 9.90 Å². The zero-order valence-electron chi connectivity index (χ0n) is 17.9. The molecule has 0 spiro atoms. The van der Waals surface area contributed by atoms with Crippen LogP contribution in [-0.2, 0) is 4.79 Å². The third-order valence-electron chi connectivity index (χ3n) is 3.99. The van der Waals surface area contributed by atoms with Crippen LogP contribution in [0.4, 0.5) is 0 Å². The zero-order chi connectivity index (χ0) is 20.5. The fourth-order valence-corrected chi connectivity index (χ4v) is 2.65. The van der Waals surface area contributed by atoms with Crippen LogP contribution < -0.4 is 0 Å². The fourth-order valence-electron chi connectivity index (χ4n) is 2.65. The molecule has 0 amide bonds. The van der Waals surface area contributed by atoms with E-state index in [0.29, 0.717) is 6.42 Å². The van der Waals surface area contributed by atoms with Crippen molar-refractivity contribution in [2.45, 2.75) is 110 Å². The molecular formula is C21H45BrClNO2. The van der Waals surface area contributed by atoms with Crippen molar-refractivity contribution in [3.63, 3.8) is 0 Å². The second-order valence-corrected chi connectivity index (χ2v) is 7.44. The van der Waals surface area contributed by atoms with Gasteiger partial charge in [-0.25, -0.2) is 0 Å². The predicted molar refractivity (Wildman–Crippen MR) is 122 cm³/mol. The molecule has 3 nitrogen and oxygen atoms in total. The van der Waals surface area contributed by atoms with Gasteiger partial charge in [-0.05, 0) is 37.7 Å². The van der Waals surface area contributed by atoms with Crippen molar-refractivity contribution in [3.05, 3.63) is 0 Å². The van der Waals surface area contributed by atoms with E-state index in [-0.39, 0.29) is 0 Å². The minimum absolute atomic E-state index is 0.345. The highest BCUT2D eigenvalue weighted by Crippen LogP contribution is 2.13. The Morgan fingerprint density at radius 3 is 1.15 bits per heavy atom. The van der Waals surface area contributed by atoms with E-state index in [1.54, 1.807) is 0 Å². The molecule has 0 aliphatic heterocycles. The van der Waals surface area contributed by atoms with E-state index in [0.717, 1.165) is 12.8 Å². The van der Waals surface area contributed by atoms with Crippen LogP contribution in [0.1, 0.15) is 110 Å². The van der Waals surface area contributed by atoms with Gasteiger partial charge >= 0.3 is 5.97 Å². The van der Waals surface area contributed by atoms with E-state index in [2.05, 4.69) is 32.1 Å². The summed E-state index contributed by atoms with van der Waals surface area (Å²) in [5.41, 5.74) is 0. The van der Waals surface area contributed by atoms with Crippen LogP contribution in [0, 0.1) is 0 Å². The maximum atomic E-state index is 10.3. The zero-order valence-corrected chi connectivity index (χ0v) is 20.2. The Bertz CT molecular complexity index is 251. The molecule has 26 heavy (non-hydrogen) atoms. The van der Waals surface area contributed by atoms with Crippen LogP contribution in [0.25, 0.3) is 0 Å². The number of carboxylic acid groups (broad SMARTS) is 1. The number of halogens is 2. The second kappa shape index (κ2) is 29.9. The van der Waals surface area contributed by atoms with Crippen LogP contribution >= 0.6 is 25.1 Å². The normalized spacial score (nSPS) is 9.96. The molecule has 0 atom stereocenters. The fraction of sp³-hybridized carbons (Fsp3) is 0.952. The Balaban J connectivity index is -0.000000769. The van der Waals surface area contributed by atoms with Gasteiger partial charge in [-0.1, -0.05) is 96.8 Å². The Kier molecular flexibility index (Phi) is 35.6. The van der Waals surface area contributed by atoms with Gasteiger partial charge in [-0.15, -0.1) is 0 Å². The monoisotopic (exact) mass is 457 g/mol. The van der Waals surface area contributed by atoms with Gasteiger partial charge in [-0.3, -0.25) is 4.79 Å². The number of hydrogen-bond donors (Lipinski definition) is 1. The maximum Gasteiger partial charge on any atom is 0.303 e. The van der Waals surface area contributed by atoms with Gasteiger partial charge in [0.15, 0.2) is 0 Å². The molecule has 0 aromatic carbocycles. The largest absolute Gasteiger partial charge is 0.481 e. The van der Waals surface area contributed by atoms with Gasteiger partial charge in [0.05, 0.1) is 0 Å². The molecule has 0 heterocycles. The highest BCUT2D eigenvalue weighted by Gasteiger charge is 1.97. The number of carboxylic acids is 1. The quantitative estimate of drug-likeness (QED) is 0.238. The molecule has 0 unspecified atom stereocenters. The number of nitrogens with zero attached hydrogens (tertiary/aromatic N) is 1. The molecular weight excluding hydrogens is 414 g/mol. The molecule has 0 aromatic heterocycles. The summed E-state index contributed by atoms with van der Waals surface area (Å²) in [5, 5.41) is 8.52. The van der Waals surface area contributed by atoms with Crippen LogP contribution in [0.2, 0.25) is 0 Å². The lowest BCUT2D eigenvalue weighted by molar-refractivity contribution is -0.137. The summed E-state index contributed by atoms with van der Waals surface area (Å²) >= 11 is 2.41. The molecule has 0 saturated heterocycles. The number of hydrogen-bond acceptors (Lipinski definition) is 2. The number of carbonyl (C=O) groups is 1. The van der Waals surface area contributed by atoms with Crippen LogP contribution in [0.5, 0.6) is 0 Å². The first kappa shape index (κ1) is 30.9. The molecule has 0 aliphatic carbocycles. The first-order valence-corrected chi connectivity index (χ1v) is 12.6. The Morgan fingerprint density at radius 1 is 0.692 bits per heavy atom. The molecule has 0 aromatic rings. The Morgan fingerprint density at radius 2 is 0.923 bits per heavy atom. The Hall–Kier alpha value is 0.200. The molecule has 160 valence electrons. The molecule has 5 heteroatoms. The summed E-state index contributed by atoms with van der Waals surface area (Å²) in [5.74, 6) is -0.653. The summed E-state index contributed by atoms with van der Waals surface area (Å²) < 4.78 is 0. The first-order chi connectivity index (χ1) is 12.5. The van der Waals surface area contributed by atoms with E-state index in [1.165, 1.54) is 83.5 Å². The van der Waals surface area contributed by atoms with Gasteiger partial charge in [0.25, 0.3) is 0 Å². The highest BCUT2D eigenvalue weighted by atomic mass is 79.9. The van der Waals surface area contributed by atoms with Crippen molar-refractivity contribution in [3.8, 4) is 0 Å². The van der Waals surface area contributed by atoms with Gasteiger partial charge in [-0.2, -0.15) is 0 Å². The van der Waals surface area contributed by atoms with Gasteiger partial charge in [0.1, 0.15) is 0 Å². The molecule has 0 rings (SSSR count). The van der Waals surface area contributed by atoms with E-state index in [1.807, 2.05) is 26.0 Å². The van der Waals surface area contributed by atoms with E-state index in [9.17, 15) is 4.79 Å². The molecule has 0 radical (unpaired) electrons. The van der Waals surface area contributed by atoms with Gasteiger partial charge < -0.3 is 10.0 Å². The third kappa shape index (κ3) is 44.0. The molecule has 1 N–H and O–H groups in total. The van der Waals surface area contributed by atoms with Crippen molar-refractivity contribution in [2.75, 3.05) is 21.1 Å². The summed E-state index contributed by atoms with van der Waals surface area (Å²) in [6.45, 7) is 2.27. The lowest BCUT2D eigenvalue weighted by atomic mass is 10.0. The predicted octanol–water partition coefficient (Wildman–Crippen LogP) is 8.05. The molecule has 0 saturated carbocycles. The van der Waals surface area contributed by atoms with E-state index < -0.39 is 5.97 Å². The summed E-state index contributed by atoms with van der Waals surface area (Å²) in [6.07, 6.45) is 20.2.